The summed E-state index contributed by atoms with van der Waals surface area (Å²) in [6.07, 6.45) is 0. The Kier molecular flexibility index (Phi) is 3.71. The SMILES string of the molecule is O=C(CN1CCNCC1)Nc1cccs1. The minimum Gasteiger partial charge on any atom is -0.317 e. The lowest BCUT2D eigenvalue weighted by molar-refractivity contribution is -0.117. The average molecular weight is 225 g/mol. The summed E-state index contributed by atoms with van der Waals surface area (Å²) in [5.41, 5.74) is 0. The molecule has 1 aromatic rings. The second-order valence-corrected chi connectivity index (χ2v) is 4.50. The van der Waals surface area contributed by atoms with Crippen LogP contribution in [0.4, 0.5) is 5.00 Å². The van der Waals surface area contributed by atoms with E-state index in [9.17, 15) is 4.79 Å². The van der Waals surface area contributed by atoms with E-state index in [0.717, 1.165) is 31.2 Å². The van der Waals surface area contributed by atoms with Crippen molar-refractivity contribution in [1.82, 2.24) is 10.2 Å². The molecule has 2 rings (SSSR count). The first kappa shape index (κ1) is 10.6. The van der Waals surface area contributed by atoms with E-state index in [4.69, 9.17) is 0 Å². The van der Waals surface area contributed by atoms with Crippen molar-refractivity contribution in [1.29, 1.82) is 0 Å². The molecule has 2 heterocycles. The molecular weight excluding hydrogens is 210 g/mol. The van der Waals surface area contributed by atoms with Crippen LogP contribution in [0.5, 0.6) is 0 Å². The Hall–Kier alpha value is -0.910. The highest BCUT2D eigenvalue weighted by Crippen LogP contribution is 2.14. The molecule has 1 amide bonds. The summed E-state index contributed by atoms with van der Waals surface area (Å²) in [5, 5.41) is 9.03. The van der Waals surface area contributed by atoms with Gasteiger partial charge < -0.3 is 10.6 Å². The van der Waals surface area contributed by atoms with E-state index in [-0.39, 0.29) is 5.91 Å². The molecule has 1 fully saturated rings. The number of carbonyl (C=O) groups is 1. The molecule has 1 saturated heterocycles. The van der Waals surface area contributed by atoms with Crippen LogP contribution in [-0.2, 0) is 4.79 Å². The Labute approximate surface area is 93.3 Å². The fourth-order valence-corrected chi connectivity index (χ4v) is 2.23. The first-order valence-electron chi connectivity index (χ1n) is 5.11. The molecule has 1 aromatic heterocycles. The molecule has 0 aromatic carbocycles. The number of amides is 1. The highest BCUT2D eigenvalue weighted by atomic mass is 32.1. The van der Waals surface area contributed by atoms with E-state index in [1.807, 2.05) is 17.5 Å². The van der Waals surface area contributed by atoms with Gasteiger partial charge in [-0.05, 0) is 17.5 Å². The van der Waals surface area contributed by atoms with Crippen molar-refractivity contribution in [2.45, 2.75) is 0 Å². The van der Waals surface area contributed by atoms with Gasteiger partial charge in [0.1, 0.15) is 0 Å². The zero-order chi connectivity index (χ0) is 10.5. The lowest BCUT2D eigenvalue weighted by Crippen LogP contribution is -2.46. The fourth-order valence-electron chi connectivity index (χ4n) is 1.60. The summed E-state index contributed by atoms with van der Waals surface area (Å²) in [4.78, 5) is 13.8. The monoisotopic (exact) mass is 225 g/mol. The molecule has 0 bridgehead atoms. The molecule has 0 spiro atoms. The predicted molar refractivity (Wildman–Crippen MR) is 62.3 cm³/mol. The van der Waals surface area contributed by atoms with Gasteiger partial charge in [0.05, 0.1) is 11.5 Å². The summed E-state index contributed by atoms with van der Waals surface area (Å²) in [5.74, 6) is 0.0827. The minimum atomic E-state index is 0.0827. The van der Waals surface area contributed by atoms with Crippen LogP contribution in [0.1, 0.15) is 0 Å². The van der Waals surface area contributed by atoms with Crippen LogP contribution in [0.2, 0.25) is 0 Å². The number of anilines is 1. The van der Waals surface area contributed by atoms with Crippen molar-refractivity contribution in [3.63, 3.8) is 0 Å². The van der Waals surface area contributed by atoms with E-state index in [0.29, 0.717) is 6.54 Å². The lowest BCUT2D eigenvalue weighted by Gasteiger charge is -2.26. The summed E-state index contributed by atoms with van der Waals surface area (Å²) < 4.78 is 0. The fraction of sp³-hybridized carbons (Fsp3) is 0.500. The summed E-state index contributed by atoms with van der Waals surface area (Å²) in [6, 6.07) is 3.85. The molecule has 5 heteroatoms. The molecule has 0 saturated carbocycles. The van der Waals surface area contributed by atoms with Gasteiger partial charge in [0.25, 0.3) is 0 Å². The van der Waals surface area contributed by atoms with Crippen LogP contribution in [0.3, 0.4) is 0 Å². The second-order valence-electron chi connectivity index (χ2n) is 3.55. The molecule has 82 valence electrons. The van der Waals surface area contributed by atoms with Gasteiger partial charge in [-0.3, -0.25) is 9.69 Å². The van der Waals surface area contributed by atoms with E-state index in [2.05, 4.69) is 15.5 Å². The van der Waals surface area contributed by atoms with Crippen LogP contribution < -0.4 is 10.6 Å². The number of nitrogens with one attached hydrogen (secondary N) is 2. The number of carbonyl (C=O) groups excluding carboxylic acids is 1. The zero-order valence-corrected chi connectivity index (χ0v) is 9.35. The van der Waals surface area contributed by atoms with Crippen LogP contribution in [-0.4, -0.2) is 43.5 Å². The van der Waals surface area contributed by atoms with Gasteiger partial charge in [0.2, 0.25) is 5.91 Å². The Morgan fingerprint density at radius 3 is 3.00 bits per heavy atom. The molecule has 0 unspecified atom stereocenters. The third-order valence-electron chi connectivity index (χ3n) is 2.36. The third-order valence-corrected chi connectivity index (χ3v) is 3.15. The van der Waals surface area contributed by atoms with E-state index in [1.165, 1.54) is 0 Å². The van der Waals surface area contributed by atoms with Crippen LogP contribution in [0.15, 0.2) is 17.5 Å². The Morgan fingerprint density at radius 2 is 2.33 bits per heavy atom. The van der Waals surface area contributed by atoms with Crippen molar-refractivity contribution in [3.05, 3.63) is 17.5 Å². The summed E-state index contributed by atoms with van der Waals surface area (Å²) >= 11 is 1.55. The first-order valence-corrected chi connectivity index (χ1v) is 5.99. The van der Waals surface area contributed by atoms with Crippen molar-refractivity contribution < 1.29 is 4.79 Å². The number of rotatable bonds is 3. The Balaban J connectivity index is 1.76. The quantitative estimate of drug-likeness (QED) is 0.791. The minimum absolute atomic E-state index is 0.0827. The molecule has 0 aliphatic carbocycles. The van der Waals surface area contributed by atoms with Gasteiger partial charge in [-0.1, -0.05) is 0 Å². The van der Waals surface area contributed by atoms with Gasteiger partial charge in [-0.15, -0.1) is 11.3 Å². The van der Waals surface area contributed by atoms with Crippen molar-refractivity contribution >= 4 is 22.2 Å². The van der Waals surface area contributed by atoms with E-state index in [1.54, 1.807) is 11.3 Å². The van der Waals surface area contributed by atoms with Crippen LogP contribution in [0, 0.1) is 0 Å². The average Bonchev–Trinajstić information content (AvgIpc) is 2.71. The maximum atomic E-state index is 11.6. The predicted octanol–water partition coefficient (Wildman–Crippen LogP) is 0.592. The summed E-state index contributed by atoms with van der Waals surface area (Å²) in [6.45, 7) is 4.37. The molecule has 4 nitrogen and oxygen atoms in total. The topological polar surface area (TPSA) is 44.4 Å². The van der Waals surface area contributed by atoms with Crippen LogP contribution >= 0.6 is 11.3 Å². The lowest BCUT2D eigenvalue weighted by atomic mass is 10.3. The largest absolute Gasteiger partial charge is 0.317 e. The maximum Gasteiger partial charge on any atom is 0.239 e. The standard InChI is InChI=1S/C10H15N3OS/c14-9(12-10-2-1-7-15-10)8-13-5-3-11-4-6-13/h1-2,7,11H,3-6,8H2,(H,12,14). The first-order chi connectivity index (χ1) is 7.34. The van der Waals surface area contributed by atoms with Gasteiger partial charge >= 0.3 is 0 Å². The molecule has 15 heavy (non-hydrogen) atoms. The third kappa shape index (κ3) is 3.30. The molecule has 1 aliphatic heterocycles. The van der Waals surface area contributed by atoms with E-state index >= 15 is 0 Å². The van der Waals surface area contributed by atoms with Gasteiger partial charge in [-0.25, -0.2) is 0 Å². The van der Waals surface area contributed by atoms with Gasteiger partial charge in [0, 0.05) is 26.2 Å². The normalized spacial score (nSPS) is 17.6. The molecular formula is C10H15N3OS. The number of thiophene rings is 1. The Morgan fingerprint density at radius 1 is 1.53 bits per heavy atom. The van der Waals surface area contributed by atoms with Gasteiger partial charge in [-0.2, -0.15) is 0 Å². The van der Waals surface area contributed by atoms with Crippen molar-refractivity contribution in [2.75, 3.05) is 38.0 Å². The number of piperazine rings is 1. The number of nitrogens with zero attached hydrogens (tertiary/aromatic N) is 1. The highest BCUT2D eigenvalue weighted by Gasteiger charge is 2.13. The number of hydrogen-bond donors (Lipinski definition) is 2. The Bertz CT molecular complexity index is 306. The van der Waals surface area contributed by atoms with Crippen molar-refractivity contribution in [2.24, 2.45) is 0 Å². The maximum absolute atomic E-state index is 11.6. The van der Waals surface area contributed by atoms with Crippen molar-refractivity contribution in [3.8, 4) is 0 Å². The molecule has 0 radical (unpaired) electrons. The zero-order valence-electron chi connectivity index (χ0n) is 8.53. The molecule has 0 atom stereocenters. The highest BCUT2D eigenvalue weighted by molar-refractivity contribution is 7.14. The molecule has 1 aliphatic rings. The smallest absolute Gasteiger partial charge is 0.239 e. The van der Waals surface area contributed by atoms with Crippen LogP contribution in [0.25, 0.3) is 0 Å². The summed E-state index contributed by atoms with van der Waals surface area (Å²) in [7, 11) is 0. The second kappa shape index (κ2) is 5.25. The molecule has 2 N–H and O–H groups in total. The van der Waals surface area contributed by atoms with E-state index < -0.39 is 0 Å². The number of hydrogen-bond acceptors (Lipinski definition) is 4. The van der Waals surface area contributed by atoms with Gasteiger partial charge in [0.15, 0.2) is 0 Å².